The molecule has 0 spiro atoms. The number of carbonyl (C=O) groups is 1. The van der Waals surface area contributed by atoms with Gasteiger partial charge in [-0.05, 0) is 36.2 Å². The van der Waals surface area contributed by atoms with Crippen molar-refractivity contribution in [1.29, 1.82) is 0 Å². The monoisotopic (exact) mass is 414 g/mol. The molecule has 1 aromatic carbocycles. The number of pyridine rings is 2. The number of hydrogen-bond donors (Lipinski definition) is 2. The topological polar surface area (TPSA) is 82.5 Å². The number of fused-ring (bicyclic) bond motifs is 1. The smallest absolute Gasteiger partial charge is 0.244 e. The molecule has 7 heteroatoms. The van der Waals surface area contributed by atoms with E-state index in [4.69, 9.17) is 0 Å². The molecule has 2 unspecified atom stereocenters. The number of piperazine rings is 1. The van der Waals surface area contributed by atoms with E-state index in [0.717, 1.165) is 49.1 Å². The Morgan fingerprint density at radius 2 is 2.03 bits per heavy atom. The highest BCUT2D eigenvalue weighted by Gasteiger charge is 2.55. The lowest BCUT2D eigenvalue weighted by Gasteiger charge is -2.29. The molecule has 1 amide bonds. The van der Waals surface area contributed by atoms with Crippen molar-refractivity contribution in [3.63, 3.8) is 0 Å². The Kier molecular flexibility index (Phi) is 5.11. The van der Waals surface area contributed by atoms with Gasteiger partial charge in [-0.3, -0.25) is 14.8 Å². The molecule has 0 bridgehead atoms. The molecule has 5 rings (SSSR count). The van der Waals surface area contributed by atoms with Gasteiger partial charge in [0, 0.05) is 60.6 Å². The lowest BCUT2D eigenvalue weighted by molar-refractivity contribution is -0.122. The summed E-state index contributed by atoms with van der Waals surface area (Å²) in [4.78, 5) is 23.5. The lowest BCUT2D eigenvalue weighted by atomic mass is 9.95. The first kappa shape index (κ1) is 19.6. The second kappa shape index (κ2) is 8.07. The van der Waals surface area contributed by atoms with Crippen molar-refractivity contribution in [3.8, 4) is 0 Å². The fourth-order valence-electron chi connectivity index (χ4n) is 4.35. The Labute approximate surface area is 181 Å². The minimum Gasteiger partial charge on any atom is -0.369 e. The highest BCUT2D eigenvalue weighted by molar-refractivity contribution is 5.89. The summed E-state index contributed by atoms with van der Waals surface area (Å²) in [6, 6.07) is 12.6. The Morgan fingerprint density at radius 3 is 2.84 bits per heavy atom. The number of anilines is 1. The summed E-state index contributed by atoms with van der Waals surface area (Å²) in [7, 11) is 0. The molecule has 1 saturated carbocycles. The van der Waals surface area contributed by atoms with Crippen molar-refractivity contribution >= 4 is 28.7 Å². The molecule has 2 aromatic heterocycles. The van der Waals surface area contributed by atoms with E-state index in [1.165, 1.54) is 11.3 Å². The SMILES string of the molecule is CC1(c2ccc(N3CCNCC3)cc2)CC1C(=O)N/N=C/c1cnc2cnccc2c1. The third-order valence-electron chi connectivity index (χ3n) is 6.46. The van der Waals surface area contributed by atoms with E-state index in [1.54, 1.807) is 24.8 Å². The van der Waals surface area contributed by atoms with Gasteiger partial charge in [-0.15, -0.1) is 0 Å². The van der Waals surface area contributed by atoms with Crippen LogP contribution in [0.15, 0.2) is 60.1 Å². The average molecular weight is 415 g/mol. The van der Waals surface area contributed by atoms with E-state index in [0.29, 0.717) is 0 Å². The summed E-state index contributed by atoms with van der Waals surface area (Å²) in [6.45, 7) is 6.26. The van der Waals surface area contributed by atoms with Gasteiger partial charge in [0.2, 0.25) is 5.91 Å². The summed E-state index contributed by atoms with van der Waals surface area (Å²) in [6.07, 6.45) is 7.65. The second-order valence-electron chi connectivity index (χ2n) is 8.53. The molecule has 158 valence electrons. The zero-order chi connectivity index (χ0) is 21.3. The van der Waals surface area contributed by atoms with Crippen LogP contribution in [0, 0.1) is 5.92 Å². The maximum absolute atomic E-state index is 12.6. The van der Waals surface area contributed by atoms with Crippen molar-refractivity contribution in [2.24, 2.45) is 11.0 Å². The molecule has 2 N–H and O–H groups in total. The summed E-state index contributed by atoms with van der Waals surface area (Å²) < 4.78 is 0. The van der Waals surface area contributed by atoms with Gasteiger partial charge >= 0.3 is 0 Å². The van der Waals surface area contributed by atoms with Gasteiger partial charge in [-0.2, -0.15) is 5.10 Å². The van der Waals surface area contributed by atoms with Gasteiger partial charge in [0.15, 0.2) is 0 Å². The quantitative estimate of drug-likeness (QED) is 0.495. The molecule has 3 heterocycles. The average Bonchev–Trinajstić information content (AvgIpc) is 3.52. The van der Waals surface area contributed by atoms with E-state index in [9.17, 15) is 4.79 Å². The minimum absolute atomic E-state index is 0.0390. The normalized spacial score (nSPS) is 23.3. The number of hydrazone groups is 1. The highest BCUT2D eigenvalue weighted by atomic mass is 16.2. The molecule has 2 atom stereocenters. The molecule has 1 aliphatic heterocycles. The molecule has 3 aromatic rings. The molecule has 0 radical (unpaired) electrons. The summed E-state index contributed by atoms with van der Waals surface area (Å²) in [5.41, 5.74) is 6.71. The summed E-state index contributed by atoms with van der Waals surface area (Å²) in [5.74, 6) is -0.0987. The first-order valence-electron chi connectivity index (χ1n) is 10.7. The standard InChI is InChI=1S/C24H26N6O/c1-24(19-2-4-20(5-3-19)30-10-8-25-9-11-30)13-21(24)23(31)29-28-15-17-12-18-6-7-26-16-22(18)27-14-17/h2-7,12,14-16,21,25H,8-11,13H2,1H3,(H,29,31)/b28-15+. The van der Waals surface area contributed by atoms with Crippen LogP contribution in [0.25, 0.3) is 10.9 Å². The molecule has 31 heavy (non-hydrogen) atoms. The van der Waals surface area contributed by atoms with Crippen LogP contribution < -0.4 is 15.6 Å². The third kappa shape index (κ3) is 4.01. The third-order valence-corrected chi connectivity index (χ3v) is 6.46. The van der Waals surface area contributed by atoms with Crippen molar-refractivity contribution in [2.75, 3.05) is 31.1 Å². The van der Waals surface area contributed by atoms with Crippen molar-refractivity contribution < 1.29 is 4.79 Å². The zero-order valence-electron chi connectivity index (χ0n) is 17.6. The van der Waals surface area contributed by atoms with E-state index in [-0.39, 0.29) is 17.2 Å². The van der Waals surface area contributed by atoms with Crippen LogP contribution >= 0.6 is 0 Å². The number of amides is 1. The summed E-state index contributed by atoms with van der Waals surface area (Å²) in [5, 5.41) is 8.52. The van der Waals surface area contributed by atoms with Crippen LogP contribution in [0.5, 0.6) is 0 Å². The molecule has 1 saturated heterocycles. The van der Waals surface area contributed by atoms with Gasteiger partial charge in [-0.25, -0.2) is 5.43 Å². The molecule has 2 fully saturated rings. The minimum atomic E-state index is -0.126. The van der Waals surface area contributed by atoms with Gasteiger partial charge < -0.3 is 10.2 Å². The maximum Gasteiger partial charge on any atom is 0.244 e. The lowest BCUT2D eigenvalue weighted by Crippen LogP contribution is -2.43. The van der Waals surface area contributed by atoms with Crippen molar-refractivity contribution in [2.45, 2.75) is 18.8 Å². The zero-order valence-corrected chi connectivity index (χ0v) is 17.6. The van der Waals surface area contributed by atoms with Gasteiger partial charge in [-0.1, -0.05) is 19.1 Å². The Morgan fingerprint density at radius 1 is 1.23 bits per heavy atom. The van der Waals surface area contributed by atoms with Crippen LogP contribution in [0.4, 0.5) is 5.69 Å². The van der Waals surface area contributed by atoms with Gasteiger partial charge in [0.1, 0.15) is 0 Å². The highest BCUT2D eigenvalue weighted by Crippen LogP contribution is 2.54. The largest absolute Gasteiger partial charge is 0.369 e. The number of rotatable bonds is 5. The van der Waals surface area contributed by atoms with E-state index >= 15 is 0 Å². The molecular weight excluding hydrogens is 388 g/mol. The predicted molar refractivity (Wildman–Crippen MR) is 122 cm³/mol. The van der Waals surface area contributed by atoms with Crippen molar-refractivity contribution in [1.82, 2.24) is 20.7 Å². The predicted octanol–water partition coefficient (Wildman–Crippen LogP) is 2.47. The fourth-order valence-corrected chi connectivity index (χ4v) is 4.35. The second-order valence-corrected chi connectivity index (χ2v) is 8.53. The first-order valence-corrected chi connectivity index (χ1v) is 10.7. The number of benzene rings is 1. The fraction of sp³-hybridized carbons (Fsp3) is 0.333. The summed E-state index contributed by atoms with van der Waals surface area (Å²) >= 11 is 0. The Hall–Kier alpha value is -3.32. The van der Waals surface area contributed by atoms with Crippen LogP contribution in [-0.4, -0.2) is 48.3 Å². The molecule has 2 aliphatic rings. The molecule has 7 nitrogen and oxygen atoms in total. The van der Waals surface area contributed by atoms with Crippen LogP contribution in [0.2, 0.25) is 0 Å². The molecule has 1 aliphatic carbocycles. The van der Waals surface area contributed by atoms with E-state index < -0.39 is 0 Å². The molecular formula is C24H26N6O. The number of aromatic nitrogens is 2. The van der Waals surface area contributed by atoms with Crippen molar-refractivity contribution in [3.05, 3.63) is 66.1 Å². The Balaban J connectivity index is 1.20. The number of hydrogen-bond acceptors (Lipinski definition) is 6. The van der Waals surface area contributed by atoms with Gasteiger partial charge in [0.05, 0.1) is 23.8 Å². The number of nitrogens with zero attached hydrogens (tertiary/aromatic N) is 4. The Bertz CT molecular complexity index is 1120. The van der Waals surface area contributed by atoms with Crippen LogP contribution in [0.3, 0.4) is 0 Å². The first-order chi connectivity index (χ1) is 15.1. The number of nitrogens with one attached hydrogen (secondary N) is 2. The van der Waals surface area contributed by atoms with Crippen LogP contribution in [0.1, 0.15) is 24.5 Å². The van der Waals surface area contributed by atoms with Gasteiger partial charge in [0.25, 0.3) is 0 Å². The van der Waals surface area contributed by atoms with Crippen LogP contribution in [-0.2, 0) is 10.2 Å². The maximum atomic E-state index is 12.6. The van der Waals surface area contributed by atoms with E-state index in [2.05, 4.69) is 61.9 Å². The number of carbonyl (C=O) groups excluding carboxylic acids is 1. The van der Waals surface area contributed by atoms with E-state index in [1.807, 2.05) is 12.1 Å².